The van der Waals surface area contributed by atoms with Crippen LogP contribution < -0.4 is 0 Å². The molecular formula is C12H11BrN2. The van der Waals surface area contributed by atoms with Gasteiger partial charge < -0.3 is 0 Å². The molecule has 15 heavy (non-hydrogen) atoms. The van der Waals surface area contributed by atoms with Crippen molar-refractivity contribution in [2.45, 2.75) is 13.3 Å². The summed E-state index contributed by atoms with van der Waals surface area (Å²) in [6.45, 7) is 1.98. The van der Waals surface area contributed by atoms with Gasteiger partial charge in [0.2, 0.25) is 0 Å². The van der Waals surface area contributed by atoms with E-state index in [0.29, 0.717) is 0 Å². The van der Waals surface area contributed by atoms with Crippen LogP contribution in [0.2, 0.25) is 0 Å². The molecule has 0 saturated heterocycles. The maximum atomic E-state index is 4.37. The smallest absolute Gasteiger partial charge is 0.132 e. The fourth-order valence-electron chi connectivity index (χ4n) is 1.42. The molecule has 1 aromatic carbocycles. The Morgan fingerprint density at radius 3 is 2.87 bits per heavy atom. The van der Waals surface area contributed by atoms with Crippen molar-refractivity contribution in [1.29, 1.82) is 0 Å². The van der Waals surface area contributed by atoms with Gasteiger partial charge in [-0.05, 0) is 30.7 Å². The highest BCUT2D eigenvalue weighted by molar-refractivity contribution is 9.10. The van der Waals surface area contributed by atoms with Crippen LogP contribution in [0, 0.1) is 6.92 Å². The first kappa shape index (κ1) is 10.3. The predicted molar refractivity (Wildman–Crippen MR) is 63.7 cm³/mol. The molecule has 0 spiro atoms. The zero-order chi connectivity index (χ0) is 10.7. The lowest BCUT2D eigenvalue weighted by atomic mass is 10.1. The van der Waals surface area contributed by atoms with Crippen LogP contribution in [0.5, 0.6) is 0 Å². The van der Waals surface area contributed by atoms with E-state index in [1.54, 1.807) is 6.20 Å². The second-order valence-corrected chi connectivity index (χ2v) is 4.34. The van der Waals surface area contributed by atoms with Crippen LogP contribution in [0.3, 0.4) is 0 Å². The van der Waals surface area contributed by atoms with Gasteiger partial charge in [0.15, 0.2) is 0 Å². The van der Waals surface area contributed by atoms with Crippen molar-refractivity contribution in [2.75, 3.05) is 0 Å². The number of rotatable bonds is 2. The lowest BCUT2D eigenvalue weighted by molar-refractivity contribution is 0.942. The Bertz CT molecular complexity index is 425. The number of aryl methyl sites for hydroxylation is 1. The Kier molecular flexibility index (Phi) is 3.11. The minimum atomic E-state index is 0.779. The second-order valence-electron chi connectivity index (χ2n) is 3.42. The molecule has 0 bridgehead atoms. The Labute approximate surface area is 97.5 Å². The summed E-state index contributed by atoms with van der Waals surface area (Å²) in [4.78, 5) is 8.61. The van der Waals surface area contributed by atoms with Crippen molar-refractivity contribution in [3.63, 3.8) is 0 Å². The van der Waals surface area contributed by atoms with Crippen molar-refractivity contribution in [3.8, 4) is 0 Å². The predicted octanol–water partition coefficient (Wildman–Crippen LogP) is 3.14. The standard InChI is InChI=1S/C12H11BrN2/c1-9-5-6-14-12(15-9)8-10-3-2-4-11(13)7-10/h2-7H,8H2,1H3. The van der Waals surface area contributed by atoms with Gasteiger partial charge in [-0.1, -0.05) is 28.1 Å². The molecule has 0 aliphatic rings. The summed E-state index contributed by atoms with van der Waals surface area (Å²) >= 11 is 3.45. The number of benzene rings is 1. The minimum absolute atomic E-state index is 0.779. The minimum Gasteiger partial charge on any atom is -0.241 e. The number of hydrogen-bond donors (Lipinski definition) is 0. The lowest BCUT2D eigenvalue weighted by Crippen LogP contribution is -1.97. The number of halogens is 1. The fraction of sp³-hybridized carbons (Fsp3) is 0.167. The largest absolute Gasteiger partial charge is 0.241 e. The normalized spacial score (nSPS) is 10.3. The summed E-state index contributed by atoms with van der Waals surface area (Å²) < 4.78 is 1.09. The maximum Gasteiger partial charge on any atom is 0.132 e. The van der Waals surface area contributed by atoms with Gasteiger partial charge in [0, 0.05) is 22.8 Å². The molecule has 0 unspecified atom stereocenters. The van der Waals surface area contributed by atoms with E-state index >= 15 is 0 Å². The Hall–Kier alpha value is -1.22. The summed E-state index contributed by atoms with van der Waals surface area (Å²) in [6.07, 6.45) is 2.58. The quantitative estimate of drug-likeness (QED) is 0.831. The van der Waals surface area contributed by atoms with Crippen LogP contribution >= 0.6 is 15.9 Å². The molecule has 76 valence electrons. The van der Waals surface area contributed by atoms with Gasteiger partial charge in [-0.15, -0.1) is 0 Å². The van der Waals surface area contributed by atoms with Crippen molar-refractivity contribution in [2.24, 2.45) is 0 Å². The third-order valence-corrected chi connectivity index (χ3v) is 2.59. The van der Waals surface area contributed by atoms with E-state index in [-0.39, 0.29) is 0 Å². The monoisotopic (exact) mass is 262 g/mol. The van der Waals surface area contributed by atoms with Gasteiger partial charge in [-0.3, -0.25) is 0 Å². The highest BCUT2D eigenvalue weighted by Gasteiger charge is 1.99. The summed E-state index contributed by atoms with van der Waals surface area (Å²) in [7, 11) is 0. The van der Waals surface area contributed by atoms with Crippen LogP contribution in [0.1, 0.15) is 17.1 Å². The van der Waals surface area contributed by atoms with Crippen molar-refractivity contribution in [3.05, 3.63) is 58.1 Å². The van der Waals surface area contributed by atoms with Gasteiger partial charge in [0.25, 0.3) is 0 Å². The van der Waals surface area contributed by atoms with Crippen molar-refractivity contribution >= 4 is 15.9 Å². The Morgan fingerprint density at radius 1 is 1.27 bits per heavy atom. The summed E-state index contributed by atoms with van der Waals surface area (Å²) in [6, 6.07) is 10.1. The molecule has 1 heterocycles. The average molecular weight is 263 g/mol. The first-order chi connectivity index (χ1) is 7.24. The molecule has 1 aromatic heterocycles. The summed E-state index contributed by atoms with van der Waals surface area (Å²) in [5, 5.41) is 0. The fourth-order valence-corrected chi connectivity index (χ4v) is 1.86. The molecular weight excluding hydrogens is 252 g/mol. The molecule has 0 amide bonds. The second kappa shape index (κ2) is 4.53. The molecule has 0 saturated carbocycles. The van der Waals surface area contributed by atoms with Crippen LogP contribution in [-0.4, -0.2) is 9.97 Å². The van der Waals surface area contributed by atoms with Gasteiger partial charge in [-0.2, -0.15) is 0 Å². The van der Waals surface area contributed by atoms with Gasteiger partial charge in [0.05, 0.1) is 0 Å². The molecule has 3 heteroatoms. The van der Waals surface area contributed by atoms with E-state index in [1.807, 2.05) is 25.1 Å². The lowest BCUT2D eigenvalue weighted by Gasteiger charge is -2.01. The molecule has 2 nitrogen and oxygen atoms in total. The number of nitrogens with zero attached hydrogens (tertiary/aromatic N) is 2. The zero-order valence-electron chi connectivity index (χ0n) is 8.44. The third-order valence-electron chi connectivity index (χ3n) is 2.10. The van der Waals surface area contributed by atoms with Crippen molar-refractivity contribution < 1.29 is 0 Å². The highest BCUT2D eigenvalue weighted by Crippen LogP contribution is 2.13. The Morgan fingerprint density at radius 2 is 2.13 bits per heavy atom. The molecule has 0 atom stereocenters. The van der Waals surface area contributed by atoms with E-state index in [4.69, 9.17) is 0 Å². The van der Waals surface area contributed by atoms with Gasteiger partial charge in [-0.25, -0.2) is 9.97 Å². The van der Waals surface area contributed by atoms with E-state index in [0.717, 1.165) is 22.4 Å². The van der Waals surface area contributed by atoms with E-state index in [1.165, 1.54) is 5.56 Å². The molecule has 2 rings (SSSR count). The van der Waals surface area contributed by atoms with Crippen LogP contribution in [0.4, 0.5) is 0 Å². The average Bonchev–Trinajstić information content (AvgIpc) is 2.17. The summed E-state index contributed by atoms with van der Waals surface area (Å²) in [5.41, 5.74) is 2.23. The molecule has 0 aliphatic heterocycles. The third kappa shape index (κ3) is 2.86. The van der Waals surface area contributed by atoms with Gasteiger partial charge in [0.1, 0.15) is 5.82 Å². The molecule has 0 N–H and O–H groups in total. The van der Waals surface area contributed by atoms with E-state index in [2.05, 4.69) is 38.0 Å². The number of aromatic nitrogens is 2. The first-order valence-corrected chi connectivity index (χ1v) is 5.56. The SMILES string of the molecule is Cc1ccnc(Cc2cccc(Br)c2)n1. The van der Waals surface area contributed by atoms with Crippen LogP contribution in [0.25, 0.3) is 0 Å². The van der Waals surface area contributed by atoms with Crippen LogP contribution in [0.15, 0.2) is 41.0 Å². The Balaban J connectivity index is 2.22. The summed E-state index contributed by atoms with van der Waals surface area (Å²) in [5.74, 6) is 0.869. The van der Waals surface area contributed by atoms with Gasteiger partial charge >= 0.3 is 0 Å². The zero-order valence-corrected chi connectivity index (χ0v) is 10.0. The number of hydrogen-bond acceptors (Lipinski definition) is 2. The highest BCUT2D eigenvalue weighted by atomic mass is 79.9. The first-order valence-electron chi connectivity index (χ1n) is 4.77. The topological polar surface area (TPSA) is 25.8 Å². The van der Waals surface area contributed by atoms with Crippen LogP contribution in [-0.2, 0) is 6.42 Å². The van der Waals surface area contributed by atoms with Crippen molar-refractivity contribution in [1.82, 2.24) is 9.97 Å². The van der Waals surface area contributed by atoms with E-state index in [9.17, 15) is 0 Å². The maximum absolute atomic E-state index is 4.37. The molecule has 0 fully saturated rings. The van der Waals surface area contributed by atoms with E-state index < -0.39 is 0 Å². The molecule has 0 radical (unpaired) electrons. The molecule has 0 aliphatic carbocycles. The molecule has 2 aromatic rings.